The zero-order valence-electron chi connectivity index (χ0n) is 11.0. The molecule has 2 rings (SSSR count). The minimum atomic E-state index is -0.330. The number of pyridine rings is 1. The van der Waals surface area contributed by atoms with E-state index in [2.05, 4.69) is 20.0 Å². The Hall–Kier alpha value is -2.28. The van der Waals surface area contributed by atoms with Gasteiger partial charge in [0.2, 0.25) is 0 Å². The highest BCUT2D eigenvalue weighted by Gasteiger charge is 2.14. The second kappa shape index (κ2) is 6.25. The molecular weight excluding hydrogens is 278 g/mol. The van der Waals surface area contributed by atoms with Gasteiger partial charge < -0.3 is 4.74 Å². The van der Waals surface area contributed by atoms with Gasteiger partial charge in [0, 0.05) is 22.8 Å². The van der Waals surface area contributed by atoms with Gasteiger partial charge in [-0.25, -0.2) is 4.98 Å². The molecule has 0 saturated carbocycles. The highest BCUT2D eigenvalue weighted by molar-refractivity contribution is 7.16. The molecule has 0 radical (unpaired) electrons. The van der Waals surface area contributed by atoms with Gasteiger partial charge in [-0.05, 0) is 19.1 Å². The van der Waals surface area contributed by atoms with Gasteiger partial charge in [0.15, 0.2) is 5.13 Å². The van der Waals surface area contributed by atoms with Gasteiger partial charge >= 0.3 is 5.97 Å². The van der Waals surface area contributed by atoms with Gasteiger partial charge in [0.25, 0.3) is 5.91 Å². The number of carbonyl (C=O) groups excluding carboxylic acids is 2. The third-order valence-corrected chi connectivity index (χ3v) is 3.66. The van der Waals surface area contributed by atoms with E-state index in [9.17, 15) is 9.59 Å². The Balaban J connectivity index is 2.09. The van der Waals surface area contributed by atoms with E-state index in [1.807, 2.05) is 0 Å². The van der Waals surface area contributed by atoms with E-state index in [-0.39, 0.29) is 18.3 Å². The van der Waals surface area contributed by atoms with Crippen LogP contribution in [0.5, 0.6) is 0 Å². The van der Waals surface area contributed by atoms with Gasteiger partial charge in [-0.1, -0.05) is 0 Å². The Labute approximate surface area is 119 Å². The average molecular weight is 291 g/mol. The molecule has 0 fully saturated rings. The normalized spacial score (nSPS) is 10.1. The quantitative estimate of drug-likeness (QED) is 0.869. The van der Waals surface area contributed by atoms with Crippen LogP contribution in [0.4, 0.5) is 5.13 Å². The Morgan fingerprint density at radius 3 is 2.70 bits per heavy atom. The molecule has 2 heterocycles. The van der Waals surface area contributed by atoms with Crippen LogP contribution in [0.15, 0.2) is 24.5 Å². The fraction of sp³-hybridized carbons (Fsp3) is 0.231. The molecule has 0 aliphatic heterocycles. The summed E-state index contributed by atoms with van der Waals surface area (Å²) in [6.45, 7) is 1.79. The molecule has 6 nitrogen and oxygen atoms in total. The molecule has 7 heteroatoms. The SMILES string of the molecule is COC(=O)Cc1sc(NC(=O)c2ccncc2)nc1C. The molecular formula is C13H13N3O3S. The number of rotatable bonds is 4. The molecule has 0 aromatic carbocycles. The molecule has 20 heavy (non-hydrogen) atoms. The van der Waals surface area contributed by atoms with Crippen LogP contribution in [0.1, 0.15) is 20.9 Å². The van der Waals surface area contributed by atoms with Crippen molar-refractivity contribution in [3.05, 3.63) is 40.7 Å². The van der Waals surface area contributed by atoms with Crippen LogP contribution in [0, 0.1) is 6.92 Å². The Morgan fingerprint density at radius 2 is 2.05 bits per heavy atom. The second-order valence-corrected chi connectivity index (χ2v) is 5.05. The maximum atomic E-state index is 11.9. The Bertz CT molecular complexity index is 625. The van der Waals surface area contributed by atoms with Crippen molar-refractivity contribution in [3.63, 3.8) is 0 Å². The Morgan fingerprint density at radius 1 is 1.35 bits per heavy atom. The first kappa shape index (κ1) is 14.1. The number of aromatic nitrogens is 2. The number of aryl methyl sites for hydroxylation is 1. The molecule has 0 aliphatic carbocycles. The summed E-state index contributed by atoms with van der Waals surface area (Å²) >= 11 is 1.27. The monoisotopic (exact) mass is 291 g/mol. The summed E-state index contributed by atoms with van der Waals surface area (Å²) in [7, 11) is 1.34. The maximum Gasteiger partial charge on any atom is 0.310 e. The lowest BCUT2D eigenvalue weighted by Crippen LogP contribution is -2.11. The maximum absolute atomic E-state index is 11.9. The molecule has 104 valence electrons. The summed E-state index contributed by atoms with van der Waals surface area (Å²) in [5.74, 6) is -0.588. The molecule has 2 aromatic rings. The first-order valence-electron chi connectivity index (χ1n) is 5.84. The number of hydrogen-bond donors (Lipinski definition) is 1. The molecule has 0 unspecified atom stereocenters. The van der Waals surface area contributed by atoms with Crippen molar-refractivity contribution < 1.29 is 14.3 Å². The van der Waals surface area contributed by atoms with Crippen LogP contribution in [0.25, 0.3) is 0 Å². The van der Waals surface area contributed by atoms with Gasteiger partial charge in [-0.2, -0.15) is 0 Å². The number of methoxy groups -OCH3 is 1. The molecule has 0 spiro atoms. The number of thiazole rings is 1. The van der Waals surface area contributed by atoms with Crippen molar-refractivity contribution in [1.29, 1.82) is 0 Å². The molecule has 2 aromatic heterocycles. The minimum Gasteiger partial charge on any atom is -0.469 e. The summed E-state index contributed by atoms with van der Waals surface area (Å²) < 4.78 is 4.61. The van der Waals surface area contributed by atoms with Gasteiger partial charge in [-0.15, -0.1) is 11.3 Å². The average Bonchev–Trinajstić information content (AvgIpc) is 2.79. The predicted molar refractivity (Wildman–Crippen MR) is 74.8 cm³/mol. The number of esters is 1. The van der Waals surface area contributed by atoms with E-state index in [1.165, 1.54) is 18.4 Å². The van der Waals surface area contributed by atoms with Crippen molar-refractivity contribution in [2.24, 2.45) is 0 Å². The van der Waals surface area contributed by atoms with Gasteiger partial charge in [0.05, 0.1) is 19.2 Å². The first-order valence-corrected chi connectivity index (χ1v) is 6.66. The summed E-state index contributed by atoms with van der Waals surface area (Å²) in [5.41, 5.74) is 1.22. The van der Waals surface area contributed by atoms with Crippen LogP contribution in [-0.4, -0.2) is 29.0 Å². The Kier molecular flexibility index (Phi) is 4.41. The van der Waals surface area contributed by atoms with Gasteiger partial charge in [-0.3, -0.25) is 19.9 Å². The van der Waals surface area contributed by atoms with Gasteiger partial charge in [0.1, 0.15) is 0 Å². The largest absolute Gasteiger partial charge is 0.469 e. The zero-order valence-corrected chi connectivity index (χ0v) is 11.9. The van der Waals surface area contributed by atoms with E-state index in [0.717, 1.165) is 4.88 Å². The van der Waals surface area contributed by atoms with Crippen molar-refractivity contribution in [2.45, 2.75) is 13.3 Å². The summed E-state index contributed by atoms with van der Waals surface area (Å²) in [5, 5.41) is 3.16. The lowest BCUT2D eigenvalue weighted by atomic mass is 10.2. The standard InChI is InChI=1S/C13H13N3O3S/c1-8-10(7-11(17)19-2)20-13(15-8)16-12(18)9-3-5-14-6-4-9/h3-6H,7H2,1-2H3,(H,15,16,18). The highest BCUT2D eigenvalue weighted by Crippen LogP contribution is 2.23. The summed E-state index contributed by atoms with van der Waals surface area (Å²) in [6.07, 6.45) is 3.25. The van der Waals surface area contributed by atoms with Crippen LogP contribution in [0.3, 0.4) is 0 Å². The fourth-order valence-corrected chi connectivity index (χ4v) is 2.46. The fourth-order valence-electron chi connectivity index (χ4n) is 1.52. The van der Waals surface area contributed by atoms with E-state index < -0.39 is 0 Å². The second-order valence-electron chi connectivity index (χ2n) is 3.97. The number of ether oxygens (including phenoxy) is 1. The molecule has 1 amide bonds. The lowest BCUT2D eigenvalue weighted by molar-refractivity contribution is -0.139. The molecule has 0 bridgehead atoms. The predicted octanol–water partition coefficient (Wildman–Crippen LogP) is 1.81. The number of hydrogen-bond acceptors (Lipinski definition) is 6. The number of nitrogens with one attached hydrogen (secondary N) is 1. The minimum absolute atomic E-state index is 0.158. The van der Waals surface area contributed by atoms with E-state index in [4.69, 9.17) is 0 Å². The molecule has 1 N–H and O–H groups in total. The lowest BCUT2D eigenvalue weighted by Gasteiger charge is -2.00. The van der Waals surface area contributed by atoms with E-state index in [1.54, 1.807) is 31.5 Å². The molecule has 0 aliphatic rings. The first-order chi connectivity index (χ1) is 9.60. The number of anilines is 1. The van der Waals surface area contributed by atoms with Crippen molar-refractivity contribution >= 4 is 28.3 Å². The van der Waals surface area contributed by atoms with Crippen LogP contribution in [-0.2, 0) is 16.0 Å². The van der Waals surface area contributed by atoms with Crippen molar-refractivity contribution in [1.82, 2.24) is 9.97 Å². The van der Waals surface area contributed by atoms with Crippen LogP contribution >= 0.6 is 11.3 Å². The van der Waals surface area contributed by atoms with Crippen molar-refractivity contribution in [3.8, 4) is 0 Å². The summed E-state index contributed by atoms with van der Waals surface area (Å²) in [4.78, 5) is 32.1. The topological polar surface area (TPSA) is 81.2 Å². The number of carbonyl (C=O) groups is 2. The highest BCUT2D eigenvalue weighted by atomic mass is 32.1. The zero-order chi connectivity index (χ0) is 14.5. The van der Waals surface area contributed by atoms with E-state index in [0.29, 0.717) is 16.4 Å². The summed E-state index contributed by atoms with van der Waals surface area (Å²) in [6, 6.07) is 3.23. The van der Waals surface area contributed by atoms with Crippen LogP contribution in [0.2, 0.25) is 0 Å². The smallest absolute Gasteiger partial charge is 0.310 e. The molecule has 0 atom stereocenters. The third-order valence-electron chi connectivity index (χ3n) is 2.59. The van der Waals surface area contributed by atoms with Crippen molar-refractivity contribution in [2.75, 3.05) is 12.4 Å². The number of amides is 1. The third kappa shape index (κ3) is 3.39. The number of nitrogens with zero attached hydrogens (tertiary/aromatic N) is 2. The van der Waals surface area contributed by atoms with E-state index >= 15 is 0 Å². The van der Waals surface area contributed by atoms with Crippen LogP contribution < -0.4 is 5.32 Å². The molecule has 0 saturated heterocycles.